The molecule has 1 atom stereocenters. The van der Waals surface area contributed by atoms with Gasteiger partial charge in [0.2, 0.25) is 5.91 Å². The van der Waals surface area contributed by atoms with E-state index in [1.165, 1.54) is 0 Å². The van der Waals surface area contributed by atoms with Crippen LogP contribution in [0.2, 0.25) is 0 Å². The Hall–Kier alpha value is -2.05. The van der Waals surface area contributed by atoms with E-state index in [1.807, 2.05) is 6.92 Å². The van der Waals surface area contributed by atoms with Gasteiger partial charge in [-0.15, -0.1) is 0 Å². The fourth-order valence-electron chi connectivity index (χ4n) is 1.43. The lowest BCUT2D eigenvalue weighted by molar-refractivity contribution is -0.118. The van der Waals surface area contributed by atoms with E-state index in [-0.39, 0.29) is 11.7 Å². The average molecular weight is 239 g/mol. The molecule has 7 heteroatoms. The van der Waals surface area contributed by atoms with Gasteiger partial charge in [-0.25, -0.2) is 0 Å². The van der Waals surface area contributed by atoms with E-state index in [1.54, 1.807) is 24.7 Å². The molecule has 0 spiro atoms. The molecule has 0 saturated carbocycles. The second-order valence-electron chi connectivity index (χ2n) is 3.77. The van der Waals surface area contributed by atoms with Crippen molar-refractivity contribution in [3.05, 3.63) is 11.8 Å². The fourth-order valence-corrected chi connectivity index (χ4v) is 1.43. The maximum atomic E-state index is 11.8. The minimum atomic E-state index is -0.651. The largest absolute Gasteiger partial charge is 0.409 e. The third-order valence-electron chi connectivity index (χ3n) is 2.56. The highest BCUT2D eigenvalue weighted by Crippen LogP contribution is 2.10. The molecule has 17 heavy (non-hydrogen) atoms. The van der Waals surface area contributed by atoms with Gasteiger partial charge in [0, 0.05) is 18.8 Å². The summed E-state index contributed by atoms with van der Waals surface area (Å²) in [5, 5.41) is 18.1. The van der Waals surface area contributed by atoms with Gasteiger partial charge in [-0.05, 0) is 13.3 Å². The lowest BCUT2D eigenvalue weighted by atomic mass is 10.1. The van der Waals surface area contributed by atoms with E-state index in [0.717, 1.165) is 5.69 Å². The van der Waals surface area contributed by atoms with E-state index in [2.05, 4.69) is 15.6 Å². The van der Waals surface area contributed by atoms with Crippen molar-refractivity contribution in [3.8, 4) is 0 Å². The zero-order chi connectivity index (χ0) is 13.0. The van der Waals surface area contributed by atoms with Gasteiger partial charge in [0.05, 0.1) is 5.92 Å². The molecule has 1 aromatic heterocycles. The minimum Gasteiger partial charge on any atom is -0.409 e. The Morgan fingerprint density at radius 3 is 2.82 bits per heavy atom. The summed E-state index contributed by atoms with van der Waals surface area (Å²) < 4.78 is 1.65. The van der Waals surface area contributed by atoms with Crippen LogP contribution in [0.3, 0.4) is 0 Å². The number of aryl methyl sites for hydroxylation is 2. The summed E-state index contributed by atoms with van der Waals surface area (Å²) in [6, 6.07) is 1.75. The molecule has 0 aromatic carbocycles. The van der Waals surface area contributed by atoms with Crippen LogP contribution in [0.1, 0.15) is 19.0 Å². The summed E-state index contributed by atoms with van der Waals surface area (Å²) in [6.45, 7) is 3.66. The summed E-state index contributed by atoms with van der Waals surface area (Å²) >= 11 is 0. The topological polar surface area (TPSA) is 106 Å². The van der Waals surface area contributed by atoms with Crippen LogP contribution in [0.15, 0.2) is 11.2 Å². The number of anilines is 1. The van der Waals surface area contributed by atoms with Crippen molar-refractivity contribution in [2.24, 2.45) is 23.9 Å². The molecule has 1 amide bonds. The summed E-state index contributed by atoms with van der Waals surface area (Å²) in [6.07, 6.45) is 0.452. The van der Waals surface area contributed by atoms with Crippen molar-refractivity contribution in [1.29, 1.82) is 0 Å². The number of aromatic nitrogens is 2. The van der Waals surface area contributed by atoms with Crippen LogP contribution in [0.5, 0.6) is 0 Å². The second kappa shape index (κ2) is 5.33. The van der Waals surface area contributed by atoms with E-state index in [4.69, 9.17) is 10.9 Å². The molecule has 0 bridgehead atoms. The van der Waals surface area contributed by atoms with E-state index < -0.39 is 5.92 Å². The molecule has 1 heterocycles. The molecule has 4 N–H and O–H groups in total. The Morgan fingerprint density at radius 2 is 2.41 bits per heavy atom. The van der Waals surface area contributed by atoms with Crippen molar-refractivity contribution in [1.82, 2.24) is 9.78 Å². The van der Waals surface area contributed by atoms with E-state index >= 15 is 0 Å². The van der Waals surface area contributed by atoms with Gasteiger partial charge in [0.25, 0.3) is 0 Å². The standard InChI is InChI=1S/C10H17N5O2/c1-4-7(9(11)14-17)10(16)12-8-5-6(2)15(3)13-8/h5,7,17H,4H2,1-3H3,(H2,11,14)(H,12,13,16). The molecule has 94 valence electrons. The van der Waals surface area contributed by atoms with Gasteiger partial charge in [0.15, 0.2) is 11.7 Å². The number of carbonyl (C=O) groups is 1. The van der Waals surface area contributed by atoms with Crippen LogP contribution < -0.4 is 11.1 Å². The molecule has 0 fully saturated rings. The molecule has 1 rings (SSSR count). The molecule has 0 aliphatic carbocycles. The molecule has 0 aliphatic heterocycles. The van der Waals surface area contributed by atoms with Gasteiger partial charge in [-0.3, -0.25) is 9.48 Å². The van der Waals surface area contributed by atoms with Crippen LogP contribution in [0, 0.1) is 12.8 Å². The zero-order valence-corrected chi connectivity index (χ0v) is 10.1. The predicted octanol–water partition coefficient (Wildman–Crippen LogP) is 0.440. The van der Waals surface area contributed by atoms with Crippen molar-refractivity contribution < 1.29 is 10.0 Å². The normalized spacial score (nSPS) is 13.5. The molecule has 7 nitrogen and oxygen atoms in total. The van der Waals surface area contributed by atoms with Crippen molar-refractivity contribution in [3.63, 3.8) is 0 Å². The van der Waals surface area contributed by atoms with Crippen LogP contribution in [0.25, 0.3) is 0 Å². The SMILES string of the molecule is CCC(C(=O)Nc1cc(C)n(C)n1)/C(N)=N/O. The number of rotatable bonds is 4. The van der Waals surface area contributed by atoms with Gasteiger partial charge >= 0.3 is 0 Å². The maximum absolute atomic E-state index is 11.8. The lowest BCUT2D eigenvalue weighted by Crippen LogP contribution is -2.34. The number of carbonyl (C=O) groups excluding carboxylic acids is 1. The number of oxime groups is 1. The smallest absolute Gasteiger partial charge is 0.236 e. The van der Waals surface area contributed by atoms with Crippen LogP contribution in [0.4, 0.5) is 5.82 Å². The Labute approximate surface area is 99.3 Å². The molecule has 0 aliphatic rings. The Balaban J connectivity index is 2.77. The van der Waals surface area contributed by atoms with E-state index in [0.29, 0.717) is 12.2 Å². The number of hydrogen-bond acceptors (Lipinski definition) is 4. The Bertz CT molecular complexity index is 418. The van der Waals surface area contributed by atoms with Gasteiger partial charge in [-0.1, -0.05) is 12.1 Å². The van der Waals surface area contributed by atoms with Gasteiger partial charge < -0.3 is 16.3 Å². The monoisotopic (exact) mass is 239 g/mol. The molecular formula is C10H17N5O2. The number of nitrogens with two attached hydrogens (primary N) is 1. The molecule has 0 saturated heterocycles. The number of nitrogens with one attached hydrogen (secondary N) is 1. The number of hydrogen-bond donors (Lipinski definition) is 3. The van der Waals surface area contributed by atoms with E-state index in [9.17, 15) is 4.79 Å². The van der Waals surface area contributed by atoms with Gasteiger partial charge in [-0.2, -0.15) is 5.10 Å². The van der Waals surface area contributed by atoms with Crippen molar-refractivity contribution in [2.75, 3.05) is 5.32 Å². The average Bonchev–Trinajstić information content (AvgIpc) is 2.58. The first-order valence-corrected chi connectivity index (χ1v) is 5.28. The van der Waals surface area contributed by atoms with Crippen molar-refractivity contribution >= 4 is 17.6 Å². The van der Waals surface area contributed by atoms with Crippen LogP contribution in [-0.4, -0.2) is 26.7 Å². The zero-order valence-electron chi connectivity index (χ0n) is 10.1. The first-order chi connectivity index (χ1) is 7.99. The molecule has 1 aromatic rings. The highest BCUT2D eigenvalue weighted by Gasteiger charge is 2.22. The minimum absolute atomic E-state index is 0.0994. The summed E-state index contributed by atoms with van der Waals surface area (Å²) in [5.41, 5.74) is 6.36. The highest BCUT2D eigenvalue weighted by molar-refractivity contribution is 6.07. The number of amidine groups is 1. The molecule has 0 radical (unpaired) electrons. The predicted molar refractivity (Wildman–Crippen MR) is 63.8 cm³/mol. The lowest BCUT2D eigenvalue weighted by Gasteiger charge is -2.11. The number of amides is 1. The fraction of sp³-hybridized carbons (Fsp3) is 0.500. The van der Waals surface area contributed by atoms with Crippen LogP contribution in [-0.2, 0) is 11.8 Å². The maximum Gasteiger partial charge on any atom is 0.236 e. The first-order valence-electron chi connectivity index (χ1n) is 5.28. The summed E-state index contributed by atoms with van der Waals surface area (Å²) in [5.74, 6) is -0.625. The Kier molecular flexibility index (Phi) is 4.08. The third-order valence-corrected chi connectivity index (χ3v) is 2.56. The summed E-state index contributed by atoms with van der Waals surface area (Å²) in [4.78, 5) is 11.8. The number of nitrogens with zero attached hydrogens (tertiary/aromatic N) is 3. The molecular weight excluding hydrogens is 222 g/mol. The van der Waals surface area contributed by atoms with Gasteiger partial charge in [0.1, 0.15) is 0 Å². The van der Waals surface area contributed by atoms with Crippen molar-refractivity contribution in [2.45, 2.75) is 20.3 Å². The molecule has 1 unspecified atom stereocenters. The Morgan fingerprint density at radius 1 is 1.76 bits per heavy atom. The van der Waals surface area contributed by atoms with Crippen LogP contribution >= 0.6 is 0 Å². The first kappa shape index (κ1) is 13.0. The summed E-state index contributed by atoms with van der Waals surface area (Å²) in [7, 11) is 1.78. The second-order valence-corrected chi connectivity index (χ2v) is 3.77. The quantitative estimate of drug-likeness (QED) is 0.307. The third kappa shape index (κ3) is 2.96. The highest BCUT2D eigenvalue weighted by atomic mass is 16.4.